The third-order valence-corrected chi connectivity index (χ3v) is 4.63. The summed E-state index contributed by atoms with van der Waals surface area (Å²) in [6.07, 6.45) is 1.76. The van der Waals surface area contributed by atoms with E-state index in [4.69, 9.17) is 5.73 Å². The number of rotatable bonds is 9. The SMILES string of the molecule is CCN(CC)CCCC(C(N)=O)c1ccccc1-c1ccccc1. The Morgan fingerprint density at radius 3 is 2.25 bits per heavy atom. The molecule has 2 aromatic rings. The van der Waals surface area contributed by atoms with Crippen LogP contribution in [0.15, 0.2) is 54.6 Å². The first-order valence-corrected chi connectivity index (χ1v) is 8.83. The highest BCUT2D eigenvalue weighted by Crippen LogP contribution is 2.31. The van der Waals surface area contributed by atoms with Crippen LogP contribution in [-0.4, -0.2) is 30.4 Å². The van der Waals surface area contributed by atoms with E-state index in [1.807, 2.05) is 36.4 Å². The number of nitrogens with zero attached hydrogens (tertiary/aromatic N) is 1. The van der Waals surface area contributed by atoms with Crippen LogP contribution in [0.5, 0.6) is 0 Å². The Morgan fingerprint density at radius 1 is 1.00 bits per heavy atom. The standard InChI is InChI=1S/C21H28N2O/c1-3-23(4-2)16-10-15-20(21(22)24)19-14-9-8-13-18(19)17-11-6-5-7-12-17/h5-9,11-14,20H,3-4,10,15-16H2,1-2H3,(H2,22,24). The zero-order valence-corrected chi connectivity index (χ0v) is 14.7. The van der Waals surface area contributed by atoms with Crippen molar-refractivity contribution in [3.63, 3.8) is 0 Å². The summed E-state index contributed by atoms with van der Waals surface area (Å²) in [5.74, 6) is -0.477. The first-order chi connectivity index (χ1) is 11.7. The third-order valence-electron chi connectivity index (χ3n) is 4.63. The average Bonchev–Trinajstić information content (AvgIpc) is 2.62. The minimum atomic E-state index is -0.239. The van der Waals surface area contributed by atoms with Crippen LogP contribution in [0.2, 0.25) is 0 Å². The van der Waals surface area contributed by atoms with Gasteiger partial charge in [0, 0.05) is 0 Å². The van der Waals surface area contributed by atoms with Gasteiger partial charge in [-0.1, -0.05) is 68.4 Å². The Labute approximate surface area is 145 Å². The highest BCUT2D eigenvalue weighted by molar-refractivity contribution is 5.85. The van der Waals surface area contributed by atoms with Gasteiger partial charge in [-0.05, 0) is 49.2 Å². The summed E-state index contributed by atoms with van der Waals surface area (Å²) in [4.78, 5) is 14.5. The molecule has 0 saturated heterocycles. The lowest BCUT2D eigenvalue weighted by molar-refractivity contribution is -0.119. The largest absolute Gasteiger partial charge is 0.369 e. The van der Waals surface area contributed by atoms with Gasteiger partial charge in [-0.25, -0.2) is 0 Å². The maximum atomic E-state index is 12.1. The molecule has 0 aliphatic rings. The second kappa shape index (κ2) is 9.24. The lowest BCUT2D eigenvalue weighted by atomic mass is 9.87. The van der Waals surface area contributed by atoms with E-state index in [0.717, 1.165) is 49.2 Å². The zero-order chi connectivity index (χ0) is 17.4. The van der Waals surface area contributed by atoms with E-state index in [-0.39, 0.29) is 11.8 Å². The predicted molar refractivity (Wildman–Crippen MR) is 101 cm³/mol. The Balaban J connectivity index is 2.21. The quantitative estimate of drug-likeness (QED) is 0.756. The summed E-state index contributed by atoms with van der Waals surface area (Å²) >= 11 is 0. The molecule has 2 N–H and O–H groups in total. The van der Waals surface area contributed by atoms with E-state index in [2.05, 4.69) is 36.9 Å². The van der Waals surface area contributed by atoms with Gasteiger partial charge in [0.2, 0.25) is 5.91 Å². The number of amides is 1. The van der Waals surface area contributed by atoms with E-state index in [0.29, 0.717) is 0 Å². The van der Waals surface area contributed by atoms with Gasteiger partial charge < -0.3 is 10.6 Å². The zero-order valence-electron chi connectivity index (χ0n) is 14.7. The van der Waals surface area contributed by atoms with Gasteiger partial charge in [-0.15, -0.1) is 0 Å². The summed E-state index contributed by atoms with van der Waals surface area (Å²) in [6.45, 7) is 7.42. The van der Waals surface area contributed by atoms with Crippen LogP contribution >= 0.6 is 0 Å². The fourth-order valence-electron chi connectivity index (χ4n) is 3.19. The average molecular weight is 324 g/mol. The van der Waals surface area contributed by atoms with E-state index in [9.17, 15) is 4.79 Å². The molecule has 3 nitrogen and oxygen atoms in total. The number of benzene rings is 2. The highest BCUT2D eigenvalue weighted by Gasteiger charge is 2.21. The van der Waals surface area contributed by atoms with Gasteiger partial charge in [0.25, 0.3) is 0 Å². The number of hydrogen-bond donors (Lipinski definition) is 1. The van der Waals surface area contributed by atoms with Crippen LogP contribution in [0.25, 0.3) is 11.1 Å². The highest BCUT2D eigenvalue weighted by atomic mass is 16.1. The third kappa shape index (κ3) is 4.68. The second-order valence-corrected chi connectivity index (χ2v) is 6.08. The molecule has 1 amide bonds. The van der Waals surface area contributed by atoms with Crippen molar-refractivity contribution in [1.82, 2.24) is 4.90 Å². The van der Waals surface area contributed by atoms with Gasteiger partial charge in [0.05, 0.1) is 5.92 Å². The van der Waals surface area contributed by atoms with Crippen molar-refractivity contribution in [2.45, 2.75) is 32.6 Å². The van der Waals surface area contributed by atoms with Crippen LogP contribution in [0.3, 0.4) is 0 Å². The molecular weight excluding hydrogens is 296 g/mol. The molecule has 0 saturated carbocycles. The molecule has 3 heteroatoms. The number of hydrogen-bond acceptors (Lipinski definition) is 2. The lowest BCUT2D eigenvalue weighted by Crippen LogP contribution is -2.26. The van der Waals surface area contributed by atoms with Gasteiger partial charge in [-0.2, -0.15) is 0 Å². The molecule has 1 unspecified atom stereocenters. The van der Waals surface area contributed by atoms with Crippen LogP contribution in [0.1, 0.15) is 38.2 Å². The van der Waals surface area contributed by atoms with Crippen molar-refractivity contribution in [2.24, 2.45) is 5.73 Å². The van der Waals surface area contributed by atoms with Crippen molar-refractivity contribution in [3.05, 3.63) is 60.2 Å². The van der Waals surface area contributed by atoms with Crippen LogP contribution < -0.4 is 5.73 Å². The molecular formula is C21H28N2O. The molecule has 0 bridgehead atoms. The molecule has 0 fully saturated rings. The number of nitrogens with two attached hydrogens (primary N) is 1. The van der Waals surface area contributed by atoms with Crippen molar-refractivity contribution in [3.8, 4) is 11.1 Å². The molecule has 0 aliphatic heterocycles. The van der Waals surface area contributed by atoms with E-state index in [1.54, 1.807) is 0 Å². The maximum Gasteiger partial charge on any atom is 0.224 e. The van der Waals surface area contributed by atoms with Crippen molar-refractivity contribution < 1.29 is 4.79 Å². The number of carbonyl (C=O) groups excluding carboxylic acids is 1. The second-order valence-electron chi connectivity index (χ2n) is 6.08. The Kier molecular flexibility index (Phi) is 7.01. The first-order valence-electron chi connectivity index (χ1n) is 8.83. The van der Waals surface area contributed by atoms with Crippen LogP contribution in [-0.2, 0) is 4.79 Å². The molecule has 0 heterocycles. The smallest absolute Gasteiger partial charge is 0.224 e. The number of carbonyl (C=O) groups is 1. The Hall–Kier alpha value is -2.13. The van der Waals surface area contributed by atoms with E-state index >= 15 is 0 Å². The molecule has 0 aromatic heterocycles. The molecule has 1 atom stereocenters. The molecule has 2 rings (SSSR count). The fraction of sp³-hybridized carbons (Fsp3) is 0.381. The molecule has 2 aromatic carbocycles. The van der Waals surface area contributed by atoms with Gasteiger partial charge in [-0.3, -0.25) is 4.79 Å². The lowest BCUT2D eigenvalue weighted by Gasteiger charge is -2.21. The van der Waals surface area contributed by atoms with Gasteiger partial charge in [0.1, 0.15) is 0 Å². The normalized spacial score (nSPS) is 12.3. The fourth-order valence-corrected chi connectivity index (χ4v) is 3.19. The number of primary amides is 1. The van der Waals surface area contributed by atoms with Crippen molar-refractivity contribution >= 4 is 5.91 Å². The molecule has 0 radical (unpaired) electrons. The van der Waals surface area contributed by atoms with Crippen molar-refractivity contribution in [2.75, 3.05) is 19.6 Å². The Morgan fingerprint density at radius 2 is 1.62 bits per heavy atom. The minimum Gasteiger partial charge on any atom is -0.369 e. The van der Waals surface area contributed by atoms with Gasteiger partial charge >= 0.3 is 0 Å². The molecule has 24 heavy (non-hydrogen) atoms. The van der Waals surface area contributed by atoms with Gasteiger partial charge in [0.15, 0.2) is 0 Å². The monoisotopic (exact) mass is 324 g/mol. The molecule has 0 spiro atoms. The minimum absolute atomic E-state index is 0.238. The summed E-state index contributed by atoms with van der Waals surface area (Å²) in [7, 11) is 0. The summed E-state index contributed by atoms with van der Waals surface area (Å²) in [5.41, 5.74) is 9.01. The predicted octanol–water partition coefficient (Wildman–Crippen LogP) is 4.04. The summed E-state index contributed by atoms with van der Waals surface area (Å²) in [5, 5.41) is 0. The van der Waals surface area contributed by atoms with E-state index < -0.39 is 0 Å². The summed E-state index contributed by atoms with van der Waals surface area (Å²) < 4.78 is 0. The molecule has 128 valence electrons. The maximum absolute atomic E-state index is 12.1. The summed E-state index contributed by atoms with van der Waals surface area (Å²) in [6, 6.07) is 18.3. The van der Waals surface area contributed by atoms with E-state index in [1.165, 1.54) is 0 Å². The Bertz CT molecular complexity index is 635. The topological polar surface area (TPSA) is 46.3 Å². The first kappa shape index (κ1) is 18.2. The van der Waals surface area contributed by atoms with Crippen LogP contribution in [0.4, 0.5) is 0 Å². The molecule has 0 aliphatic carbocycles. The van der Waals surface area contributed by atoms with Crippen LogP contribution in [0, 0.1) is 0 Å². The van der Waals surface area contributed by atoms with Crippen molar-refractivity contribution in [1.29, 1.82) is 0 Å².